The second-order valence-corrected chi connectivity index (χ2v) is 6.50. The Morgan fingerprint density at radius 1 is 1.35 bits per heavy atom. The van der Waals surface area contributed by atoms with Crippen LogP contribution in [0.15, 0.2) is 22.7 Å². The van der Waals surface area contributed by atoms with Crippen LogP contribution in [0.5, 0.6) is 0 Å². The Kier molecular flexibility index (Phi) is 6.00. The van der Waals surface area contributed by atoms with Crippen molar-refractivity contribution in [1.82, 2.24) is 4.90 Å². The van der Waals surface area contributed by atoms with Crippen LogP contribution < -0.4 is 5.73 Å². The quantitative estimate of drug-likeness (QED) is 0.878. The van der Waals surface area contributed by atoms with E-state index >= 15 is 0 Å². The Morgan fingerprint density at radius 3 is 2.75 bits per heavy atom. The Balaban J connectivity index is 2.11. The molecule has 2 atom stereocenters. The molecule has 0 saturated heterocycles. The molecule has 1 fully saturated rings. The standard InChI is InChI=1S/C16H24BrFN2/c1-2-20(16-6-4-3-5-12(16)10-19)11-13-7-8-14(18)9-15(13)17/h7-9,12,16H,2-6,10-11,19H2,1H3. The summed E-state index contributed by atoms with van der Waals surface area (Å²) < 4.78 is 14.0. The first-order chi connectivity index (χ1) is 9.65. The van der Waals surface area contributed by atoms with E-state index in [0.29, 0.717) is 12.0 Å². The maximum Gasteiger partial charge on any atom is 0.124 e. The molecule has 0 aliphatic heterocycles. The van der Waals surface area contributed by atoms with E-state index in [2.05, 4.69) is 27.8 Å². The minimum Gasteiger partial charge on any atom is -0.330 e. The molecule has 20 heavy (non-hydrogen) atoms. The van der Waals surface area contributed by atoms with E-state index in [1.165, 1.54) is 31.7 Å². The molecule has 2 N–H and O–H groups in total. The number of hydrogen-bond donors (Lipinski definition) is 1. The number of benzene rings is 1. The highest BCUT2D eigenvalue weighted by Crippen LogP contribution is 2.30. The van der Waals surface area contributed by atoms with Gasteiger partial charge in [0, 0.05) is 17.1 Å². The van der Waals surface area contributed by atoms with Crippen molar-refractivity contribution in [2.24, 2.45) is 11.7 Å². The number of nitrogens with zero attached hydrogens (tertiary/aromatic N) is 1. The van der Waals surface area contributed by atoms with Crippen LogP contribution in [0, 0.1) is 11.7 Å². The largest absolute Gasteiger partial charge is 0.330 e. The van der Waals surface area contributed by atoms with Gasteiger partial charge in [0.2, 0.25) is 0 Å². The zero-order chi connectivity index (χ0) is 14.5. The van der Waals surface area contributed by atoms with Crippen LogP contribution in [0.25, 0.3) is 0 Å². The van der Waals surface area contributed by atoms with Gasteiger partial charge in [0.15, 0.2) is 0 Å². The van der Waals surface area contributed by atoms with Crippen LogP contribution in [0.2, 0.25) is 0 Å². The summed E-state index contributed by atoms with van der Waals surface area (Å²) in [5.41, 5.74) is 7.09. The minimum absolute atomic E-state index is 0.193. The molecule has 0 amide bonds. The molecule has 1 aliphatic rings. The van der Waals surface area contributed by atoms with Gasteiger partial charge in [-0.25, -0.2) is 4.39 Å². The van der Waals surface area contributed by atoms with Gasteiger partial charge >= 0.3 is 0 Å². The van der Waals surface area contributed by atoms with Crippen molar-refractivity contribution in [2.45, 2.75) is 45.2 Å². The Morgan fingerprint density at radius 2 is 2.10 bits per heavy atom. The first-order valence-corrected chi connectivity index (χ1v) is 8.33. The molecule has 1 aliphatic carbocycles. The van der Waals surface area contributed by atoms with Gasteiger partial charge in [-0.2, -0.15) is 0 Å². The molecule has 0 radical (unpaired) electrons. The molecule has 4 heteroatoms. The van der Waals surface area contributed by atoms with Gasteiger partial charge in [0.05, 0.1) is 0 Å². The highest BCUT2D eigenvalue weighted by molar-refractivity contribution is 9.10. The van der Waals surface area contributed by atoms with Crippen molar-refractivity contribution >= 4 is 15.9 Å². The van der Waals surface area contributed by atoms with Crippen molar-refractivity contribution in [3.63, 3.8) is 0 Å². The average Bonchev–Trinajstić information content (AvgIpc) is 2.46. The first-order valence-electron chi connectivity index (χ1n) is 7.53. The monoisotopic (exact) mass is 342 g/mol. The molecule has 1 aromatic carbocycles. The van der Waals surface area contributed by atoms with Gasteiger partial charge in [-0.3, -0.25) is 4.90 Å². The van der Waals surface area contributed by atoms with Crippen LogP contribution >= 0.6 is 15.9 Å². The first kappa shape index (κ1) is 15.9. The average molecular weight is 343 g/mol. The highest BCUT2D eigenvalue weighted by atomic mass is 79.9. The predicted molar refractivity (Wildman–Crippen MR) is 85.0 cm³/mol. The third-order valence-corrected chi connectivity index (χ3v) is 5.17. The molecule has 1 aromatic rings. The van der Waals surface area contributed by atoms with Crippen molar-refractivity contribution in [1.29, 1.82) is 0 Å². The lowest BCUT2D eigenvalue weighted by Crippen LogP contribution is -2.44. The van der Waals surface area contributed by atoms with Crippen molar-refractivity contribution in [3.05, 3.63) is 34.1 Å². The minimum atomic E-state index is -0.193. The lowest BCUT2D eigenvalue weighted by atomic mass is 9.83. The summed E-state index contributed by atoms with van der Waals surface area (Å²) in [5, 5.41) is 0. The summed E-state index contributed by atoms with van der Waals surface area (Å²) in [5.74, 6) is 0.407. The highest BCUT2D eigenvalue weighted by Gasteiger charge is 2.28. The van der Waals surface area contributed by atoms with E-state index in [4.69, 9.17) is 5.73 Å². The van der Waals surface area contributed by atoms with Gasteiger partial charge in [0.25, 0.3) is 0 Å². The fraction of sp³-hybridized carbons (Fsp3) is 0.625. The van der Waals surface area contributed by atoms with E-state index in [9.17, 15) is 4.39 Å². The van der Waals surface area contributed by atoms with E-state index < -0.39 is 0 Å². The maximum absolute atomic E-state index is 13.2. The van der Waals surface area contributed by atoms with Crippen molar-refractivity contribution in [3.8, 4) is 0 Å². The fourth-order valence-corrected chi connectivity index (χ4v) is 3.75. The van der Waals surface area contributed by atoms with Crippen LogP contribution in [0.4, 0.5) is 4.39 Å². The Bertz CT molecular complexity index is 438. The molecule has 2 nitrogen and oxygen atoms in total. The Hall–Kier alpha value is -0.450. The molecular formula is C16H24BrFN2. The fourth-order valence-electron chi connectivity index (χ4n) is 3.28. The van der Waals surface area contributed by atoms with Gasteiger partial charge in [-0.1, -0.05) is 41.8 Å². The SMILES string of the molecule is CCN(Cc1ccc(F)cc1Br)C1CCCCC1CN. The zero-order valence-corrected chi connectivity index (χ0v) is 13.7. The molecule has 1 saturated carbocycles. The normalized spacial score (nSPS) is 23.2. The molecule has 112 valence electrons. The third kappa shape index (κ3) is 3.80. The van der Waals surface area contributed by atoms with Crippen LogP contribution in [0.3, 0.4) is 0 Å². The molecule has 0 bridgehead atoms. The third-order valence-electron chi connectivity index (χ3n) is 4.44. The molecular weight excluding hydrogens is 319 g/mol. The zero-order valence-electron chi connectivity index (χ0n) is 12.1. The summed E-state index contributed by atoms with van der Waals surface area (Å²) in [6.07, 6.45) is 5.06. The van der Waals surface area contributed by atoms with E-state index in [-0.39, 0.29) is 5.82 Å². The molecule has 2 unspecified atom stereocenters. The number of rotatable bonds is 5. The van der Waals surface area contributed by atoms with E-state index in [1.54, 1.807) is 6.07 Å². The molecule has 0 heterocycles. The smallest absolute Gasteiger partial charge is 0.124 e. The second kappa shape index (κ2) is 7.53. The van der Waals surface area contributed by atoms with Crippen LogP contribution in [-0.2, 0) is 6.54 Å². The Labute approximate surface area is 129 Å². The predicted octanol–water partition coefficient (Wildman–Crippen LogP) is 3.93. The number of halogens is 2. The van der Waals surface area contributed by atoms with Gasteiger partial charge in [0.1, 0.15) is 5.82 Å². The van der Waals surface area contributed by atoms with Crippen LogP contribution in [-0.4, -0.2) is 24.0 Å². The van der Waals surface area contributed by atoms with E-state index in [0.717, 1.165) is 29.7 Å². The van der Waals surface area contributed by atoms with Gasteiger partial charge < -0.3 is 5.73 Å². The summed E-state index contributed by atoms with van der Waals surface area (Å²) in [7, 11) is 0. The van der Waals surface area contributed by atoms with Crippen molar-refractivity contribution in [2.75, 3.05) is 13.1 Å². The summed E-state index contributed by atoms with van der Waals surface area (Å²) in [4.78, 5) is 2.49. The topological polar surface area (TPSA) is 29.3 Å². The van der Waals surface area contributed by atoms with E-state index in [1.807, 2.05) is 6.07 Å². The van der Waals surface area contributed by atoms with Gasteiger partial charge in [-0.05, 0) is 49.5 Å². The molecule has 0 spiro atoms. The number of hydrogen-bond acceptors (Lipinski definition) is 2. The lowest BCUT2D eigenvalue weighted by Gasteiger charge is -2.39. The van der Waals surface area contributed by atoms with Crippen LogP contribution in [0.1, 0.15) is 38.2 Å². The van der Waals surface area contributed by atoms with Crippen molar-refractivity contribution < 1.29 is 4.39 Å². The lowest BCUT2D eigenvalue weighted by molar-refractivity contribution is 0.105. The molecule has 0 aromatic heterocycles. The summed E-state index contributed by atoms with van der Waals surface area (Å²) >= 11 is 3.47. The summed E-state index contributed by atoms with van der Waals surface area (Å²) in [6.45, 7) is 4.83. The van der Waals surface area contributed by atoms with Gasteiger partial charge in [-0.15, -0.1) is 0 Å². The summed E-state index contributed by atoms with van der Waals surface area (Å²) in [6, 6.07) is 5.53. The maximum atomic E-state index is 13.2. The second-order valence-electron chi connectivity index (χ2n) is 5.65. The molecule has 2 rings (SSSR count). The number of nitrogens with two attached hydrogens (primary N) is 1.